The molecule has 0 heterocycles. The van der Waals surface area contributed by atoms with Crippen LogP contribution in [-0.4, -0.2) is 37.4 Å². The minimum absolute atomic E-state index is 0.175. The van der Waals surface area contributed by atoms with E-state index in [4.69, 9.17) is 14.2 Å². The van der Waals surface area contributed by atoms with Crippen molar-refractivity contribution in [2.24, 2.45) is 0 Å². The molecule has 1 aromatic carbocycles. The van der Waals surface area contributed by atoms with Crippen molar-refractivity contribution in [2.45, 2.75) is 116 Å². The number of hydrogen-bond acceptors (Lipinski definition) is 5. The maximum absolute atomic E-state index is 12.7. The van der Waals surface area contributed by atoms with Crippen LogP contribution in [0, 0.1) is 0 Å². The van der Waals surface area contributed by atoms with Gasteiger partial charge in [-0.05, 0) is 37.0 Å². The van der Waals surface area contributed by atoms with E-state index in [1.165, 1.54) is 71.1 Å². The lowest BCUT2D eigenvalue weighted by molar-refractivity contribution is -0.165. The van der Waals surface area contributed by atoms with Crippen LogP contribution in [0.5, 0.6) is 0 Å². The van der Waals surface area contributed by atoms with Crippen LogP contribution in [-0.2, 0) is 23.8 Å². The van der Waals surface area contributed by atoms with E-state index in [1.807, 2.05) is 37.3 Å². The third kappa shape index (κ3) is 12.9. The van der Waals surface area contributed by atoms with E-state index in [2.05, 4.69) is 18.2 Å². The highest BCUT2D eigenvalue weighted by atomic mass is 16.6. The van der Waals surface area contributed by atoms with Crippen LogP contribution in [0.15, 0.2) is 48.6 Å². The molecule has 0 bridgehead atoms. The quantitative estimate of drug-likeness (QED) is 0.119. The summed E-state index contributed by atoms with van der Waals surface area (Å²) in [6.45, 7) is 4.80. The summed E-state index contributed by atoms with van der Waals surface area (Å²) in [5.74, 6) is -0.468. The predicted molar refractivity (Wildman–Crippen MR) is 155 cm³/mol. The van der Waals surface area contributed by atoms with E-state index in [1.54, 1.807) is 0 Å². The fourth-order valence-electron chi connectivity index (χ4n) is 4.83. The number of benzene rings is 1. The Morgan fingerprint density at radius 1 is 0.737 bits per heavy atom. The molecule has 0 aliphatic heterocycles. The van der Waals surface area contributed by atoms with Gasteiger partial charge in [0, 0.05) is 20.0 Å². The van der Waals surface area contributed by atoms with Gasteiger partial charge in [-0.15, -0.1) is 0 Å². The first kappa shape index (κ1) is 31.8. The molecule has 0 saturated carbocycles. The van der Waals surface area contributed by atoms with Crippen molar-refractivity contribution < 1.29 is 23.8 Å². The number of carbonyl (C=O) groups excluding carboxylic acids is 2. The van der Waals surface area contributed by atoms with Gasteiger partial charge in [-0.2, -0.15) is 0 Å². The predicted octanol–water partition coefficient (Wildman–Crippen LogP) is 8.37. The molecule has 5 heteroatoms. The summed E-state index contributed by atoms with van der Waals surface area (Å²) in [6.07, 6.45) is 23.7. The van der Waals surface area contributed by atoms with Gasteiger partial charge in [0.25, 0.3) is 0 Å². The third-order valence-corrected chi connectivity index (χ3v) is 7.09. The lowest BCUT2D eigenvalue weighted by Crippen LogP contribution is -2.42. The largest absolute Gasteiger partial charge is 0.466 e. The Morgan fingerprint density at radius 3 is 1.74 bits per heavy atom. The molecule has 1 atom stereocenters. The molecule has 0 amide bonds. The van der Waals surface area contributed by atoms with Gasteiger partial charge in [0.2, 0.25) is 0 Å². The van der Waals surface area contributed by atoms with Crippen LogP contribution in [0.1, 0.15) is 116 Å². The second-order valence-electron chi connectivity index (χ2n) is 10.3. The van der Waals surface area contributed by atoms with Gasteiger partial charge in [-0.25, -0.2) is 4.79 Å². The molecule has 38 heavy (non-hydrogen) atoms. The molecule has 0 aromatic heterocycles. The number of hydrogen-bond donors (Lipinski definition) is 0. The first-order chi connectivity index (χ1) is 18.6. The fourth-order valence-corrected chi connectivity index (χ4v) is 4.83. The first-order valence-electron chi connectivity index (χ1n) is 15.0. The maximum Gasteiger partial charge on any atom is 0.342 e. The van der Waals surface area contributed by atoms with Crippen molar-refractivity contribution in [1.29, 1.82) is 0 Å². The Kier molecular flexibility index (Phi) is 16.4. The van der Waals surface area contributed by atoms with Crippen molar-refractivity contribution in [1.82, 2.24) is 0 Å². The monoisotopic (exact) mass is 526 g/mol. The van der Waals surface area contributed by atoms with Gasteiger partial charge in [0.05, 0.1) is 13.2 Å². The zero-order chi connectivity index (χ0) is 27.3. The molecule has 1 aliphatic carbocycles. The van der Waals surface area contributed by atoms with Crippen LogP contribution >= 0.6 is 0 Å². The molecule has 0 fully saturated rings. The minimum Gasteiger partial charge on any atom is -0.466 e. The Morgan fingerprint density at radius 2 is 1.26 bits per heavy atom. The third-order valence-electron chi connectivity index (χ3n) is 7.09. The standard InChI is InChI=1S/C33H50O5/c1-3-36-32(35)33(25-23-31(24-26-33)30-21-17-16-18-22-30)38-28-20-15-13-11-9-7-5-4-6-8-10-12-14-19-27-37-29(2)34/h16-18,21-25H,3-15,19-20,26-28H2,1-2H3. The second kappa shape index (κ2) is 19.6. The van der Waals surface area contributed by atoms with Gasteiger partial charge >= 0.3 is 11.9 Å². The number of ether oxygens (including phenoxy) is 3. The van der Waals surface area contributed by atoms with Crippen LogP contribution in [0.4, 0.5) is 0 Å². The molecule has 2 rings (SSSR count). The number of esters is 2. The summed E-state index contributed by atoms with van der Waals surface area (Å²) in [4.78, 5) is 23.5. The lowest BCUT2D eigenvalue weighted by Gasteiger charge is -2.30. The van der Waals surface area contributed by atoms with E-state index in [9.17, 15) is 9.59 Å². The highest BCUT2D eigenvalue weighted by Crippen LogP contribution is 2.31. The minimum atomic E-state index is -1.00. The molecule has 212 valence electrons. The molecular weight excluding hydrogens is 476 g/mol. The zero-order valence-corrected chi connectivity index (χ0v) is 23.9. The van der Waals surface area contributed by atoms with Gasteiger partial charge in [0.1, 0.15) is 0 Å². The highest BCUT2D eigenvalue weighted by molar-refractivity contribution is 5.86. The van der Waals surface area contributed by atoms with E-state index in [0.29, 0.717) is 26.2 Å². The first-order valence-corrected chi connectivity index (χ1v) is 15.0. The average Bonchev–Trinajstić information content (AvgIpc) is 2.93. The zero-order valence-electron chi connectivity index (χ0n) is 23.9. The van der Waals surface area contributed by atoms with Crippen molar-refractivity contribution in [2.75, 3.05) is 19.8 Å². The van der Waals surface area contributed by atoms with Crippen LogP contribution in [0.2, 0.25) is 0 Å². The van der Waals surface area contributed by atoms with E-state index in [-0.39, 0.29) is 11.9 Å². The summed E-state index contributed by atoms with van der Waals surface area (Å²) in [5.41, 5.74) is 1.26. The summed E-state index contributed by atoms with van der Waals surface area (Å²) in [5, 5.41) is 0. The molecule has 1 aromatic rings. The Balaban J connectivity index is 1.49. The normalized spacial score (nSPS) is 16.7. The number of carbonyl (C=O) groups is 2. The van der Waals surface area contributed by atoms with Gasteiger partial charge in [-0.3, -0.25) is 4.79 Å². The van der Waals surface area contributed by atoms with Crippen molar-refractivity contribution in [3.8, 4) is 0 Å². The Hall–Kier alpha value is -2.40. The highest BCUT2D eigenvalue weighted by Gasteiger charge is 2.39. The molecular formula is C33H50O5. The number of rotatable bonds is 21. The average molecular weight is 527 g/mol. The molecule has 5 nitrogen and oxygen atoms in total. The Labute approximate surface area is 231 Å². The summed E-state index contributed by atoms with van der Waals surface area (Å²) >= 11 is 0. The van der Waals surface area contributed by atoms with Crippen LogP contribution < -0.4 is 0 Å². The molecule has 0 saturated heterocycles. The molecule has 1 unspecified atom stereocenters. The summed E-state index contributed by atoms with van der Waals surface area (Å²) < 4.78 is 16.5. The van der Waals surface area contributed by atoms with Crippen molar-refractivity contribution >= 4 is 17.5 Å². The van der Waals surface area contributed by atoms with E-state index < -0.39 is 5.60 Å². The topological polar surface area (TPSA) is 61.8 Å². The maximum atomic E-state index is 12.7. The van der Waals surface area contributed by atoms with Crippen LogP contribution in [0.25, 0.3) is 5.57 Å². The second-order valence-corrected chi connectivity index (χ2v) is 10.3. The molecule has 0 N–H and O–H groups in total. The van der Waals surface area contributed by atoms with Crippen LogP contribution in [0.3, 0.4) is 0 Å². The summed E-state index contributed by atoms with van der Waals surface area (Å²) in [7, 11) is 0. The van der Waals surface area contributed by atoms with E-state index in [0.717, 1.165) is 36.8 Å². The fraction of sp³-hybridized carbons (Fsp3) is 0.636. The smallest absolute Gasteiger partial charge is 0.342 e. The number of allylic oxidation sites excluding steroid dienone is 2. The van der Waals surface area contributed by atoms with Crippen molar-refractivity contribution in [3.05, 3.63) is 54.1 Å². The van der Waals surface area contributed by atoms with Crippen molar-refractivity contribution in [3.63, 3.8) is 0 Å². The SMILES string of the molecule is CCOC(=O)C1(OCCCCCCCCCCCCCCCCOC(C)=O)C=CC(c2ccccc2)=CC1. The molecule has 0 spiro atoms. The summed E-state index contributed by atoms with van der Waals surface area (Å²) in [6, 6.07) is 10.2. The van der Waals surface area contributed by atoms with Gasteiger partial charge < -0.3 is 14.2 Å². The molecule has 1 aliphatic rings. The lowest BCUT2D eigenvalue weighted by atomic mass is 9.89. The van der Waals surface area contributed by atoms with E-state index >= 15 is 0 Å². The number of unbranched alkanes of at least 4 members (excludes halogenated alkanes) is 13. The molecule has 0 radical (unpaired) electrons. The van der Waals surface area contributed by atoms with Gasteiger partial charge in [-0.1, -0.05) is 120 Å². The Bertz CT molecular complexity index is 844. The van der Waals surface area contributed by atoms with Gasteiger partial charge in [0.15, 0.2) is 5.60 Å².